The molecule has 0 aliphatic heterocycles. The lowest BCUT2D eigenvalue weighted by Crippen LogP contribution is -1.91. The summed E-state index contributed by atoms with van der Waals surface area (Å²) >= 11 is 0. The summed E-state index contributed by atoms with van der Waals surface area (Å²) in [7, 11) is 0. The van der Waals surface area contributed by atoms with E-state index in [-0.39, 0.29) is 5.76 Å². The van der Waals surface area contributed by atoms with Crippen LogP contribution in [-0.4, -0.2) is 5.11 Å². The molecule has 0 bridgehead atoms. The van der Waals surface area contributed by atoms with Gasteiger partial charge in [0.05, 0.1) is 0 Å². The van der Waals surface area contributed by atoms with Crippen molar-refractivity contribution in [1.29, 1.82) is 0 Å². The van der Waals surface area contributed by atoms with E-state index in [0.717, 1.165) is 39.9 Å². The van der Waals surface area contributed by atoms with Crippen molar-refractivity contribution in [3.8, 4) is 0 Å². The van der Waals surface area contributed by atoms with E-state index in [2.05, 4.69) is 40.3 Å². The highest BCUT2D eigenvalue weighted by Crippen LogP contribution is 2.34. The summed E-state index contributed by atoms with van der Waals surface area (Å²) in [6.45, 7) is 13.9. The van der Waals surface area contributed by atoms with E-state index in [9.17, 15) is 5.11 Å². The summed E-state index contributed by atoms with van der Waals surface area (Å²) in [6, 6.07) is 2.16. The van der Waals surface area contributed by atoms with E-state index in [1.807, 2.05) is 6.92 Å². The fraction of sp³-hybridized carbons (Fsp3) is 0.333. The quantitative estimate of drug-likeness (QED) is 0.598. The maximum absolute atomic E-state index is 9.36. The average molecular weight is 270 g/mol. The monoisotopic (exact) mass is 270 g/mol. The van der Waals surface area contributed by atoms with Crippen molar-refractivity contribution in [2.45, 2.75) is 41.0 Å². The van der Waals surface area contributed by atoms with Gasteiger partial charge in [-0.25, -0.2) is 0 Å². The Kier molecular flexibility index (Phi) is 3.76. The van der Waals surface area contributed by atoms with Crippen molar-refractivity contribution in [3.05, 3.63) is 52.5 Å². The number of aryl methyl sites for hydroxylation is 3. The van der Waals surface area contributed by atoms with Crippen LogP contribution in [0.1, 0.15) is 41.9 Å². The first-order valence-corrected chi connectivity index (χ1v) is 6.95. The molecule has 2 nitrogen and oxygen atoms in total. The normalized spacial score (nSPS) is 12.2. The molecular formula is C18H22O2. The van der Waals surface area contributed by atoms with E-state index in [1.54, 1.807) is 6.08 Å². The number of hydrogen-bond acceptors (Lipinski definition) is 2. The Hall–Kier alpha value is -1.96. The molecule has 1 aromatic heterocycles. The van der Waals surface area contributed by atoms with Crippen molar-refractivity contribution in [2.24, 2.45) is 0 Å². The van der Waals surface area contributed by atoms with Gasteiger partial charge in [0, 0.05) is 11.8 Å². The van der Waals surface area contributed by atoms with Gasteiger partial charge in [0.1, 0.15) is 17.1 Å². The number of rotatable bonds is 3. The third-order valence-corrected chi connectivity index (χ3v) is 4.02. The number of furan rings is 1. The first-order chi connectivity index (χ1) is 9.36. The van der Waals surface area contributed by atoms with Gasteiger partial charge in [-0.3, -0.25) is 0 Å². The maximum atomic E-state index is 9.36. The molecule has 0 unspecified atom stereocenters. The molecule has 1 heterocycles. The molecule has 106 valence electrons. The number of aliphatic hydroxyl groups excluding tert-OH is 1. The summed E-state index contributed by atoms with van der Waals surface area (Å²) in [6.07, 6.45) is 2.60. The number of allylic oxidation sites excluding steroid dienone is 2. The molecule has 1 aromatic carbocycles. The second-order valence-electron chi connectivity index (χ2n) is 5.37. The van der Waals surface area contributed by atoms with Crippen LogP contribution in [0.4, 0.5) is 0 Å². The number of benzene rings is 1. The van der Waals surface area contributed by atoms with Gasteiger partial charge in [0.25, 0.3) is 0 Å². The van der Waals surface area contributed by atoms with E-state index in [1.165, 1.54) is 11.1 Å². The molecule has 0 saturated heterocycles. The Morgan fingerprint density at radius 2 is 1.90 bits per heavy atom. The Morgan fingerprint density at radius 1 is 1.25 bits per heavy atom. The zero-order valence-corrected chi connectivity index (χ0v) is 12.9. The minimum Gasteiger partial charge on any atom is -0.509 e. The highest BCUT2D eigenvalue weighted by Gasteiger charge is 2.15. The lowest BCUT2D eigenvalue weighted by molar-refractivity contribution is 0.435. The topological polar surface area (TPSA) is 33.4 Å². The highest BCUT2D eigenvalue weighted by atomic mass is 16.3. The van der Waals surface area contributed by atoms with Crippen LogP contribution in [0, 0.1) is 20.8 Å². The van der Waals surface area contributed by atoms with Gasteiger partial charge in [-0.1, -0.05) is 13.5 Å². The molecule has 0 spiro atoms. The van der Waals surface area contributed by atoms with Crippen molar-refractivity contribution >= 4 is 16.5 Å². The SMILES string of the molecule is C=C(O)/C=C(/C)c1cc2c(C)c(CC)oc2c(C)c1C. The molecule has 0 radical (unpaired) electrons. The second-order valence-corrected chi connectivity index (χ2v) is 5.37. The number of hydrogen-bond donors (Lipinski definition) is 1. The lowest BCUT2D eigenvalue weighted by Gasteiger charge is -2.10. The lowest BCUT2D eigenvalue weighted by atomic mass is 9.94. The van der Waals surface area contributed by atoms with E-state index in [0.29, 0.717) is 0 Å². The van der Waals surface area contributed by atoms with Gasteiger partial charge in [-0.05, 0) is 67.7 Å². The summed E-state index contributed by atoms with van der Waals surface area (Å²) in [4.78, 5) is 0. The van der Waals surface area contributed by atoms with Crippen LogP contribution in [0.15, 0.2) is 28.9 Å². The van der Waals surface area contributed by atoms with E-state index in [4.69, 9.17) is 4.42 Å². The molecular weight excluding hydrogens is 248 g/mol. The first-order valence-electron chi connectivity index (χ1n) is 6.95. The Morgan fingerprint density at radius 3 is 2.45 bits per heavy atom. The van der Waals surface area contributed by atoms with E-state index < -0.39 is 0 Å². The van der Waals surface area contributed by atoms with Gasteiger partial charge >= 0.3 is 0 Å². The molecule has 1 N–H and O–H groups in total. The van der Waals surface area contributed by atoms with Gasteiger partial charge in [0.2, 0.25) is 0 Å². The van der Waals surface area contributed by atoms with Crippen LogP contribution >= 0.6 is 0 Å². The molecule has 0 amide bonds. The molecule has 0 saturated carbocycles. The average Bonchev–Trinajstić information content (AvgIpc) is 2.70. The zero-order valence-electron chi connectivity index (χ0n) is 12.9. The maximum Gasteiger partial charge on any atom is 0.137 e. The van der Waals surface area contributed by atoms with Crippen molar-refractivity contribution in [2.75, 3.05) is 0 Å². The van der Waals surface area contributed by atoms with Crippen molar-refractivity contribution < 1.29 is 9.52 Å². The molecule has 2 aromatic rings. The largest absolute Gasteiger partial charge is 0.509 e. The van der Waals surface area contributed by atoms with Crippen LogP contribution in [-0.2, 0) is 6.42 Å². The van der Waals surface area contributed by atoms with Gasteiger partial charge < -0.3 is 9.52 Å². The predicted molar refractivity (Wildman–Crippen MR) is 85.2 cm³/mol. The fourth-order valence-electron chi connectivity index (χ4n) is 2.73. The molecule has 0 fully saturated rings. The molecule has 2 rings (SSSR count). The third-order valence-electron chi connectivity index (χ3n) is 4.02. The van der Waals surface area contributed by atoms with Crippen LogP contribution < -0.4 is 0 Å². The standard InChI is InChI=1S/C18H22O2/c1-7-17-14(6)16-9-15(10(2)8-11(3)19)12(4)13(5)18(16)20-17/h8-9,19H,3,7H2,1-2,4-6H3/b10-8-. The Balaban J connectivity index is 2.78. The minimum atomic E-state index is 0.0813. The van der Waals surface area contributed by atoms with Gasteiger partial charge in [-0.15, -0.1) is 0 Å². The molecule has 2 heteroatoms. The van der Waals surface area contributed by atoms with Gasteiger partial charge in [-0.2, -0.15) is 0 Å². The third kappa shape index (κ3) is 2.26. The Bertz CT molecular complexity index is 715. The minimum absolute atomic E-state index is 0.0813. The second kappa shape index (κ2) is 5.20. The zero-order chi connectivity index (χ0) is 15.0. The number of aliphatic hydroxyl groups is 1. The smallest absolute Gasteiger partial charge is 0.137 e. The highest BCUT2D eigenvalue weighted by molar-refractivity contribution is 5.90. The van der Waals surface area contributed by atoms with E-state index >= 15 is 0 Å². The summed E-state index contributed by atoms with van der Waals surface area (Å²) < 4.78 is 5.99. The number of fused-ring (bicyclic) bond motifs is 1. The summed E-state index contributed by atoms with van der Waals surface area (Å²) in [5, 5.41) is 10.5. The van der Waals surface area contributed by atoms with Crippen molar-refractivity contribution in [3.63, 3.8) is 0 Å². The molecule has 0 aliphatic carbocycles. The summed E-state index contributed by atoms with van der Waals surface area (Å²) in [5.74, 6) is 1.13. The van der Waals surface area contributed by atoms with Crippen LogP contribution in [0.5, 0.6) is 0 Å². The molecule has 0 aliphatic rings. The predicted octanol–water partition coefficient (Wildman–Crippen LogP) is 5.40. The van der Waals surface area contributed by atoms with Crippen LogP contribution in [0.25, 0.3) is 16.5 Å². The molecule has 20 heavy (non-hydrogen) atoms. The Labute approximate surface area is 120 Å². The fourth-order valence-corrected chi connectivity index (χ4v) is 2.73. The van der Waals surface area contributed by atoms with Crippen molar-refractivity contribution in [1.82, 2.24) is 0 Å². The van der Waals surface area contributed by atoms with Gasteiger partial charge in [0.15, 0.2) is 0 Å². The first kappa shape index (κ1) is 14.4. The van der Waals surface area contributed by atoms with Crippen LogP contribution in [0.2, 0.25) is 0 Å². The molecule has 0 atom stereocenters. The summed E-state index contributed by atoms with van der Waals surface area (Å²) in [5.41, 5.74) is 6.69. The van der Waals surface area contributed by atoms with Crippen LogP contribution in [0.3, 0.4) is 0 Å².